The van der Waals surface area contributed by atoms with E-state index in [0.29, 0.717) is 19.5 Å². The fraction of sp³-hybridized carbons (Fsp3) is 0.316. The van der Waals surface area contributed by atoms with Gasteiger partial charge in [0.15, 0.2) is 0 Å². The number of aliphatic hydroxyl groups excluding tert-OH is 1. The van der Waals surface area contributed by atoms with Crippen molar-refractivity contribution < 1.29 is 19.4 Å². The van der Waals surface area contributed by atoms with Crippen molar-refractivity contribution in [2.45, 2.75) is 25.1 Å². The Morgan fingerprint density at radius 1 is 1.20 bits per heavy atom. The Labute approximate surface area is 145 Å². The van der Waals surface area contributed by atoms with Crippen LogP contribution in [-0.2, 0) is 6.54 Å². The number of phenols is 1. The van der Waals surface area contributed by atoms with Crippen LogP contribution >= 0.6 is 0 Å². The lowest BCUT2D eigenvalue weighted by Gasteiger charge is -2.24. The molecule has 1 heterocycles. The number of hydrogen-bond donors (Lipinski definition) is 3. The Morgan fingerprint density at radius 3 is 2.68 bits per heavy atom. The number of hydrogen-bond acceptors (Lipinski definition) is 4. The number of nitrogens with zero attached hydrogens (tertiary/aromatic N) is 1. The highest BCUT2D eigenvalue weighted by atomic mass is 19.1. The average molecular weight is 344 g/mol. The van der Waals surface area contributed by atoms with E-state index in [4.69, 9.17) is 0 Å². The zero-order valence-corrected chi connectivity index (χ0v) is 13.7. The molecule has 1 fully saturated rings. The van der Waals surface area contributed by atoms with E-state index in [0.717, 1.165) is 11.6 Å². The summed E-state index contributed by atoms with van der Waals surface area (Å²) in [6.45, 7) is 1.47. The predicted molar refractivity (Wildman–Crippen MR) is 91.7 cm³/mol. The van der Waals surface area contributed by atoms with Gasteiger partial charge >= 0.3 is 0 Å². The van der Waals surface area contributed by atoms with Crippen LogP contribution in [0.25, 0.3) is 0 Å². The van der Waals surface area contributed by atoms with Crippen molar-refractivity contribution in [1.29, 1.82) is 0 Å². The summed E-state index contributed by atoms with van der Waals surface area (Å²) in [6.07, 6.45) is 0.0867. The molecule has 2 aromatic carbocycles. The molecule has 0 radical (unpaired) electrons. The van der Waals surface area contributed by atoms with Crippen molar-refractivity contribution in [3.63, 3.8) is 0 Å². The molecule has 132 valence electrons. The molecule has 0 aromatic heterocycles. The van der Waals surface area contributed by atoms with Gasteiger partial charge in [-0.25, -0.2) is 4.39 Å². The van der Waals surface area contributed by atoms with Crippen LogP contribution in [0.15, 0.2) is 48.5 Å². The number of amides is 1. The molecule has 25 heavy (non-hydrogen) atoms. The molecule has 1 amide bonds. The number of phenolic OH excluding ortho intramolecular Hbond substituents is 1. The fourth-order valence-corrected chi connectivity index (χ4v) is 3.22. The fourth-order valence-electron chi connectivity index (χ4n) is 3.22. The van der Waals surface area contributed by atoms with Gasteiger partial charge in [-0.2, -0.15) is 0 Å². The highest BCUT2D eigenvalue weighted by Gasteiger charge is 2.31. The van der Waals surface area contributed by atoms with E-state index in [1.807, 2.05) is 30.3 Å². The SMILES string of the molecule is O=C(NC[C@H]1C[C@H](O)CN1Cc1ccccc1)c1c(O)cccc1F. The van der Waals surface area contributed by atoms with Gasteiger partial charge in [-0.1, -0.05) is 36.4 Å². The first-order valence-corrected chi connectivity index (χ1v) is 8.26. The first-order chi connectivity index (χ1) is 12.0. The predicted octanol–water partition coefficient (Wildman–Crippen LogP) is 1.90. The molecule has 0 unspecified atom stereocenters. The third-order valence-corrected chi connectivity index (χ3v) is 4.45. The maximum Gasteiger partial charge on any atom is 0.258 e. The van der Waals surface area contributed by atoms with Crippen LogP contribution in [0.1, 0.15) is 22.3 Å². The standard InChI is InChI=1S/C19H21FN2O3/c20-16-7-4-8-17(24)18(16)19(25)21-10-14-9-15(23)12-22(14)11-13-5-2-1-3-6-13/h1-8,14-15,23-24H,9-12H2,(H,21,25)/t14-,15+/m1/s1. The van der Waals surface area contributed by atoms with Crippen molar-refractivity contribution in [3.05, 3.63) is 65.5 Å². The molecule has 0 spiro atoms. The summed E-state index contributed by atoms with van der Waals surface area (Å²) in [5.41, 5.74) is 0.773. The van der Waals surface area contributed by atoms with Gasteiger partial charge in [-0.15, -0.1) is 0 Å². The number of aliphatic hydroxyl groups is 1. The van der Waals surface area contributed by atoms with E-state index in [-0.39, 0.29) is 23.9 Å². The number of carbonyl (C=O) groups excluding carboxylic acids is 1. The molecule has 2 atom stereocenters. The van der Waals surface area contributed by atoms with Gasteiger partial charge in [0.25, 0.3) is 5.91 Å². The Morgan fingerprint density at radius 2 is 1.96 bits per heavy atom. The molecule has 0 saturated carbocycles. The number of carbonyl (C=O) groups is 1. The zero-order valence-electron chi connectivity index (χ0n) is 13.7. The number of nitrogens with one attached hydrogen (secondary N) is 1. The summed E-state index contributed by atoms with van der Waals surface area (Å²) in [5.74, 6) is -1.80. The largest absolute Gasteiger partial charge is 0.507 e. The lowest BCUT2D eigenvalue weighted by atomic mass is 10.1. The van der Waals surface area contributed by atoms with Crippen molar-refractivity contribution in [1.82, 2.24) is 10.2 Å². The van der Waals surface area contributed by atoms with E-state index in [9.17, 15) is 19.4 Å². The molecule has 5 nitrogen and oxygen atoms in total. The van der Waals surface area contributed by atoms with Gasteiger partial charge in [0, 0.05) is 25.7 Å². The summed E-state index contributed by atoms with van der Waals surface area (Å²) >= 11 is 0. The monoisotopic (exact) mass is 344 g/mol. The second-order valence-corrected chi connectivity index (χ2v) is 6.30. The van der Waals surface area contributed by atoms with Crippen LogP contribution in [0.4, 0.5) is 4.39 Å². The van der Waals surface area contributed by atoms with Crippen molar-refractivity contribution in [3.8, 4) is 5.75 Å². The van der Waals surface area contributed by atoms with Gasteiger partial charge in [0.2, 0.25) is 0 Å². The van der Waals surface area contributed by atoms with Crippen LogP contribution in [0, 0.1) is 5.82 Å². The smallest absolute Gasteiger partial charge is 0.258 e. The average Bonchev–Trinajstić information content (AvgIpc) is 2.93. The normalized spacial score (nSPS) is 20.6. The maximum absolute atomic E-state index is 13.8. The van der Waals surface area contributed by atoms with Crippen LogP contribution < -0.4 is 5.32 Å². The lowest BCUT2D eigenvalue weighted by molar-refractivity contribution is 0.0933. The maximum atomic E-state index is 13.8. The number of β-amino-alcohol motifs (C(OH)–C–C–N with tert-alkyl or cyclic N) is 1. The topological polar surface area (TPSA) is 72.8 Å². The van der Waals surface area contributed by atoms with Crippen LogP contribution in [-0.4, -0.2) is 46.3 Å². The van der Waals surface area contributed by atoms with Crippen molar-refractivity contribution in [2.24, 2.45) is 0 Å². The summed E-state index contributed by atoms with van der Waals surface area (Å²) in [7, 11) is 0. The van der Waals surface area contributed by atoms with Crippen LogP contribution in [0.3, 0.4) is 0 Å². The van der Waals surface area contributed by atoms with Gasteiger partial charge < -0.3 is 15.5 Å². The zero-order chi connectivity index (χ0) is 17.8. The summed E-state index contributed by atoms with van der Waals surface area (Å²) in [6, 6.07) is 13.6. The third-order valence-electron chi connectivity index (χ3n) is 4.45. The highest BCUT2D eigenvalue weighted by Crippen LogP contribution is 2.22. The Balaban J connectivity index is 1.64. The first-order valence-electron chi connectivity index (χ1n) is 8.26. The minimum atomic E-state index is -0.759. The number of rotatable bonds is 5. The van der Waals surface area contributed by atoms with E-state index < -0.39 is 17.8 Å². The molecule has 1 aliphatic rings. The van der Waals surface area contributed by atoms with Gasteiger partial charge in [0.05, 0.1) is 6.10 Å². The molecule has 0 bridgehead atoms. The van der Waals surface area contributed by atoms with Gasteiger partial charge in [-0.05, 0) is 24.1 Å². The molecule has 1 aliphatic heterocycles. The highest BCUT2D eigenvalue weighted by molar-refractivity contribution is 5.97. The van der Waals surface area contributed by atoms with E-state index in [2.05, 4.69) is 10.2 Å². The quantitative estimate of drug-likeness (QED) is 0.775. The second-order valence-electron chi connectivity index (χ2n) is 6.30. The number of aromatic hydroxyl groups is 1. The molecule has 2 aromatic rings. The Kier molecular flexibility index (Phi) is 5.31. The molecular formula is C19H21FN2O3. The molecule has 0 aliphatic carbocycles. The first kappa shape index (κ1) is 17.4. The summed E-state index contributed by atoms with van der Waals surface area (Å²) < 4.78 is 13.8. The van der Waals surface area contributed by atoms with Crippen LogP contribution in [0.5, 0.6) is 5.75 Å². The molecule has 1 saturated heterocycles. The van der Waals surface area contributed by atoms with E-state index in [1.165, 1.54) is 12.1 Å². The van der Waals surface area contributed by atoms with Gasteiger partial charge in [-0.3, -0.25) is 9.69 Å². The molecule has 3 N–H and O–H groups in total. The summed E-state index contributed by atoms with van der Waals surface area (Å²) in [5, 5.41) is 22.3. The van der Waals surface area contributed by atoms with Crippen molar-refractivity contribution in [2.75, 3.05) is 13.1 Å². The second kappa shape index (κ2) is 7.63. The lowest BCUT2D eigenvalue weighted by Crippen LogP contribution is -2.40. The Hall–Kier alpha value is -2.44. The Bertz CT molecular complexity index is 718. The number of likely N-dealkylation sites (tertiary alicyclic amines) is 1. The van der Waals surface area contributed by atoms with E-state index >= 15 is 0 Å². The molecule has 3 rings (SSSR count). The van der Waals surface area contributed by atoms with Crippen molar-refractivity contribution >= 4 is 5.91 Å². The third kappa shape index (κ3) is 4.15. The number of benzene rings is 2. The minimum Gasteiger partial charge on any atom is -0.507 e. The van der Waals surface area contributed by atoms with Gasteiger partial charge in [0.1, 0.15) is 17.1 Å². The number of halogens is 1. The molecular weight excluding hydrogens is 323 g/mol. The molecule has 6 heteroatoms. The van der Waals surface area contributed by atoms with Crippen LogP contribution in [0.2, 0.25) is 0 Å². The minimum absolute atomic E-state index is 0.0481. The van der Waals surface area contributed by atoms with E-state index in [1.54, 1.807) is 0 Å². The summed E-state index contributed by atoms with van der Waals surface area (Å²) in [4.78, 5) is 14.3.